The average Bonchev–Trinajstić information content (AvgIpc) is 3.06. The molecule has 30 heavy (non-hydrogen) atoms. The number of nitrogens with one attached hydrogen (secondary N) is 1. The van der Waals surface area contributed by atoms with Gasteiger partial charge in [0.1, 0.15) is 12.1 Å². The zero-order valence-electron chi connectivity index (χ0n) is 16.7. The lowest BCUT2D eigenvalue weighted by Crippen LogP contribution is -2.43. The maximum absolute atomic E-state index is 12.7. The number of amides is 4. The molecule has 2 aromatic carbocycles. The van der Waals surface area contributed by atoms with E-state index < -0.39 is 12.1 Å². The number of ether oxygens (including phenoxy) is 1. The minimum Gasteiger partial charge on any atom is -0.370 e. The lowest BCUT2D eigenvalue weighted by Gasteiger charge is -2.33. The van der Waals surface area contributed by atoms with Crippen molar-refractivity contribution in [2.75, 3.05) is 19.7 Å². The standard InChI is InChI=1S/C23H25N3O4/c27-21(25-13-14-30-20(16-25)18-9-5-2-6-10-18)12-11-19-22(28)26(23(29)24-19)15-17-7-3-1-4-8-17/h1-10,19-20H,11-16H2,(H,24,29)/t19-,20?/m0/s1. The largest absolute Gasteiger partial charge is 0.370 e. The number of imide groups is 1. The van der Waals surface area contributed by atoms with Crippen molar-refractivity contribution in [2.45, 2.75) is 31.5 Å². The Bertz CT molecular complexity index is 903. The number of carbonyl (C=O) groups excluding carboxylic acids is 3. The number of urea groups is 1. The lowest BCUT2D eigenvalue weighted by molar-refractivity contribution is -0.139. The molecular weight excluding hydrogens is 382 g/mol. The van der Waals surface area contributed by atoms with Crippen LogP contribution in [0.1, 0.15) is 30.1 Å². The van der Waals surface area contributed by atoms with Gasteiger partial charge in [0, 0.05) is 13.0 Å². The van der Waals surface area contributed by atoms with Crippen molar-refractivity contribution < 1.29 is 19.1 Å². The summed E-state index contributed by atoms with van der Waals surface area (Å²) in [7, 11) is 0. The number of carbonyl (C=O) groups is 3. The summed E-state index contributed by atoms with van der Waals surface area (Å²) < 4.78 is 5.81. The molecule has 2 saturated heterocycles. The molecule has 4 amide bonds. The smallest absolute Gasteiger partial charge is 0.325 e. The van der Waals surface area contributed by atoms with Crippen LogP contribution in [0.25, 0.3) is 0 Å². The number of morpholine rings is 1. The third-order valence-electron chi connectivity index (χ3n) is 5.53. The van der Waals surface area contributed by atoms with Crippen molar-refractivity contribution in [1.82, 2.24) is 15.1 Å². The molecule has 2 atom stereocenters. The van der Waals surface area contributed by atoms with Crippen molar-refractivity contribution >= 4 is 17.8 Å². The summed E-state index contributed by atoms with van der Waals surface area (Å²) in [4.78, 5) is 40.6. The molecule has 0 aromatic heterocycles. The first-order chi connectivity index (χ1) is 14.6. The van der Waals surface area contributed by atoms with Gasteiger partial charge in [0.25, 0.3) is 5.91 Å². The molecule has 0 aliphatic carbocycles. The van der Waals surface area contributed by atoms with Gasteiger partial charge in [-0.15, -0.1) is 0 Å². The van der Waals surface area contributed by atoms with Crippen LogP contribution in [0.4, 0.5) is 4.79 Å². The van der Waals surface area contributed by atoms with Gasteiger partial charge in [-0.25, -0.2) is 4.79 Å². The second kappa shape index (κ2) is 9.09. The van der Waals surface area contributed by atoms with Crippen LogP contribution in [0.15, 0.2) is 60.7 Å². The van der Waals surface area contributed by atoms with Gasteiger partial charge in [-0.3, -0.25) is 14.5 Å². The number of nitrogens with zero attached hydrogens (tertiary/aromatic N) is 2. The Balaban J connectivity index is 1.30. The van der Waals surface area contributed by atoms with E-state index >= 15 is 0 Å². The van der Waals surface area contributed by atoms with Crippen LogP contribution in [-0.2, 0) is 20.9 Å². The maximum atomic E-state index is 12.7. The molecule has 0 saturated carbocycles. The normalized spacial score (nSPS) is 21.6. The van der Waals surface area contributed by atoms with E-state index in [9.17, 15) is 14.4 Å². The van der Waals surface area contributed by atoms with Gasteiger partial charge >= 0.3 is 6.03 Å². The fourth-order valence-corrected chi connectivity index (χ4v) is 3.86. The van der Waals surface area contributed by atoms with Crippen LogP contribution in [0, 0.1) is 0 Å². The van der Waals surface area contributed by atoms with Crippen LogP contribution in [-0.4, -0.2) is 53.4 Å². The van der Waals surface area contributed by atoms with Crippen LogP contribution >= 0.6 is 0 Å². The molecule has 2 aliphatic heterocycles. The number of hydrogen-bond acceptors (Lipinski definition) is 4. The van der Waals surface area contributed by atoms with Crippen molar-refractivity contribution in [3.63, 3.8) is 0 Å². The predicted molar refractivity (Wildman–Crippen MR) is 110 cm³/mol. The highest BCUT2D eigenvalue weighted by atomic mass is 16.5. The van der Waals surface area contributed by atoms with Crippen LogP contribution in [0.2, 0.25) is 0 Å². The zero-order valence-corrected chi connectivity index (χ0v) is 16.7. The van der Waals surface area contributed by atoms with Crippen molar-refractivity contribution in [3.05, 3.63) is 71.8 Å². The molecule has 2 heterocycles. The third-order valence-corrected chi connectivity index (χ3v) is 5.53. The molecule has 156 valence electrons. The van der Waals surface area contributed by atoms with E-state index in [0.717, 1.165) is 11.1 Å². The quantitative estimate of drug-likeness (QED) is 0.747. The van der Waals surface area contributed by atoms with Crippen molar-refractivity contribution in [3.8, 4) is 0 Å². The van der Waals surface area contributed by atoms with Gasteiger partial charge in [0.05, 0.1) is 19.7 Å². The first kappa shape index (κ1) is 20.1. The Labute approximate surface area is 175 Å². The SMILES string of the molecule is O=C(CC[C@@H]1NC(=O)N(Cc2ccccc2)C1=O)N1CCOC(c2ccccc2)C1. The first-order valence-electron chi connectivity index (χ1n) is 10.2. The number of rotatable bonds is 6. The molecule has 1 unspecified atom stereocenters. The Hall–Kier alpha value is -3.19. The summed E-state index contributed by atoms with van der Waals surface area (Å²) in [6.07, 6.45) is 0.359. The summed E-state index contributed by atoms with van der Waals surface area (Å²) >= 11 is 0. The Morgan fingerprint density at radius 2 is 1.73 bits per heavy atom. The Morgan fingerprint density at radius 3 is 2.47 bits per heavy atom. The predicted octanol–water partition coefficient (Wildman–Crippen LogP) is 2.49. The van der Waals surface area contributed by atoms with Gasteiger partial charge < -0.3 is 15.0 Å². The molecular formula is C23H25N3O4. The van der Waals surface area contributed by atoms with Crippen LogP contribution in [0.5, 0.6) is 0 Å². The molecule has 7 heteroatoms. The second-order valence-corrected chi connectivity index (χ2v) is 7.56. The highest BCUT2D eigenvalue weighted by Crippen LogP contribution is 2.23. The highest BCUT2D eigenvalue weighted by Gasteiger charge is 2.38. The molecule has 0 radical (unpaired) electrons. The minimum absolute atomic E-state index is 0.0252. The molecule has 2 aliphatic rings. The van der Waals surface area contributed by atoms with Crippen molar-refractivity contribution in [2.24, 2.45) is 0 Å². The molecule has 4 rings (SSSR count). The topological polar surface area (TPSA) is 79.0 Å². The maximum Gasteiger partial charge on any atom is 0.325 e. The minimum atomic E-state index is -0.656. The summed E-state index contributed by atoms with van der Waals surface area (Å²) in [6.45, 7) is 1.74. The van der Waals surface area contributed by atoms with Gasteiger partial charge in [-0.05, 0) is 17.5 Å². The summed E-state index contributed by atoms with van der Waals surface area (Å²) in [5, 5.41) is 2.71. The second-order valence-electron chi connectivity index (χ2n) is 7.56. The third kappa shape index (κ3) is 4.52. The van der Waals surface area contributed by atoms with Gasteiger partial charge in [-0.2, -0.15) is 0 Å². The average molecular weight is 407 g/mol. The molecule has 0 bridgehead atoms. The number of benzene rings is 2. The molecule has 2 aromatic rings. The molecule has 1 N–H and O–H groups in total. The van der Waals surface area contributed by atoms with Crippen LogP contribution in [0.3, 0.4) is 0 Å². The Kier molecular flexibility index (Phi) is 6.09. The van der Waals surface area contributed by atoms with E-state index in [1.807, 2.05) is 60.7 Å². The monoisotopic (exact) mass is 407 g/mol. The van der Waals surface area contributed by atoms with E-state index in [0.29, 0.717) is 26.1 Å². The van der Waals surface area contributed by atoms with Crippen molar-refractivity contribution in [1.29, 1.82) is 0 Å². The molecule has 2 fully saturated rings. The van der Waals surface area contributed by atoms with Gasteiger partial charge in [0.15, 0.2) is 0 Å². The van der Waals surface area contributed by atoms with Gasteiger partial charge in [-0.1, -0.05) is 60.7 Å². The summed E-state index contributed by atoms with van der Waals surface area (Å²) in [5.41, 5.74) is 1.93. The Morgan fingerprint density at radius 1 is 1.03 bits per heavy atom. The van der Waals surface area contributed by atoms with E-state index in [4.69, 9.17) is 4.74 Å². The zero-order chi connectivity index (χ0) is 20.9. The lowest BCUT2D eigenvalue weighted by atomic mass is 10.1. The van der Waals surface area contributed by atoms with E-state index in [2.05, 4.69) is 5.32 Å². The fourth-order valence-electron chi connectivity index (χ4n) is 3.86. The fraction of sp³-hybridized carbons (Fsp3) is 0.348. The summed E-state index contributed by atoms with van der Waals surface area (Å²) in [5.74, 6) is -0.302. The first-order valence-corrected chi connectivity index (χ1v) is 10.2. The van der Waals surface area contributed by atoms with E-state index in [1.54, 1.807) is 4.90 Å². The molecule has 7 nitrogen and oxygen atoms in total. The number of hydrogen-bond donors (Lipinski definition) is 1. The molecule has 0 spiro atoms. The van der Waals surface area contributed by atoms with E-state index in [1.165, 1.54) is 4.90 Å². The van der Waals surface area contributed by atoms with Crippen LogP contribution < -0.4 is 5.32 Å². The summed E-state index contributed by atoms with van der Waals surface area (Å²) in [6, 6.07) is 18.2. The van der Waals surface area contributed by atoms with E-state index in [-0.39, 0.29) is 30.9 Å². The van der Waals surface area contributed by atoms with Gasteiger partial charge in [0.2, 0.25) is 5.91 Å². The highest BCUT2D eigenvalue weighted by molar-refractivity contribution is 6.04.